The fourth-order valence-corrected chi connectivity index (χ4v) is 2.79. The van der Waals surface area contributed by atoms with Gasteiger partial charge in [-0.3, -0.25) is 9.69 Å². The van der Waals surface area contributed by atoms with E-state index in [1.54, 1.807) is 19.0 Å². The summed E-state index contributed by atoms with van der Waals surface area (Å²) in [7, 11) is 3.57. The van der Waals surface area contributed by atoms with Gasteiger partial charge in [-0.2, -0.15) is 0 Å². The number of amides is 1. The summed E-state index contributed by atoms with van der Waals surface area (Å²) in [5.41, 5.74) is 0. The minimum absolute atomic E-state index is 0.130. The lowest BCUT2D eigenvalue weighted by molar-refractivity contribution is -0.129. The minimum atomic E-state index is -0.130. The van der Waals surface area contributed by atoms with Gasteiger partial charge in [0.05, 0.1) is 12.6 Å². The number of carbonyl (C=O) groups excluding carboxylic acids is 1. The Kier molecular flexibility index (Phi) is 2.98. The average molecular weight is 212 g/mol. The zero-order chi connectivity index (χ0) is 11.0. The van der Waals surface area contributed by atoms with Crippen LogP contribution in [0, 0.1) is 11.8 Å². The second-order valence-corrected chi connectivity index (χ2v) is 5.05. The molecule has 2 aliphatic rings. The number of fused-ring (bicyclic) bond motifs is 1. The second-order valence-electron chi connectivity index (χ2n) is 5.05. The number of hydrogen-bond acceptors (Lipinski definition) is 3. The molecule has 2 fully saturated rings. The van der Waals surface area contributed by atoms with Crippen LogP contribution in [0.25, 0.3) is 0 Å². The van der Waals surface area contributed by atoms with E-state index in [1.165, 1.54) is 0 Å². The Morgan fingerprint density at radius 3 is 2.73 bits per heavy atom. The van der Waals surface area contributed by atoms with Crippen LogP contribution in [0.2, 0.25) is 0 Å². The number of aliphatic hydroxyl groups is 1. The van der Waals surface area contributed by atoms with Crippen molar-refractivity contribution in [2.45, 2.75) is 18.9 Å². The van der Waals surface area contributed by atoms with Gasteiger partial charge in [0.25, 0.3) is 0 Å². The summed E-state index contributed by atoms with van der Waals surface area (Å²) in [6, 6.07) is 0. The number of hydrogen-bond donors (Lipinski definition) is 1. The molecular weight excluding hydrogens is 192 g/mol. The molecule has 1 saturated heterocycles. The highest BCUT2D eigenvalue weighted by molar-refractivity contribution is 5.77. The predicted molar refractivity (Wildman–Crippen MR) is 57.4 cm³/mol. The quantitative estimate of drug-likeness (QED) is 0.688. The summed E-state index contributed by atoms with van der Waals surface area (Å²) in [5.74, 6) is 1.19. The Bertz CT molecular complexity index is 255. The zero-order valence-corrected chi connectivity index (χ0v) is 9.52. The first-order valence-corrected chi connectivity index (χ1v) is 5.68. The molecule has 3 atom stereocenters. The maximum Gasteiger partial charge on any atom is 0.236 e. The summed E-state index contributed by atoms with van der Waals surface area (Å²) >= 11 is 0. The molecule has 1 aliphatic heterocycles. The van der Waals surface area contributed by atoms with E-state index >= 15 is 0 Å². The van der Waals surface area contributed by atoms with E-state index in [1.807, 2.05) is 0 Å². The molecule has 3 unspecified atom stereocenters. The number of likely N-dealkylation sites (tertiary alicyclic amines) is 1. The summed E-state index contributed by atoms with van der Waals surface area (Å²) in [4.78, 5) is 15.3. The molecule has 4 heteroatoms. The van der Waals surface area contributed by atoms with Gasteiger partial charge in [-0.05, 0) is 18.8 Å². The van der Waals surface area contributed by atoms with E-state index in [-0.39, 0.29) is 12.0 Å². The molecule has 0 spiro atoms. The lowest BCUT2D eigenvalue weighted by Gasteiger charge is -2.19. The van der Waals surface area contributed by atoms with E-state index in [0.717, 1.165) is 25.9 Å². The summed E-state index contributed by atoms with van der Waals surface area (Å²) in [6.45, 7) is 2.39. The standard InChI is InChI=1S/C11H20N2O2/c1-12(2)11(15)7-13-5-8-3-4-10(14)9(8)6-13/h8-10,14H,3-7H2,1-2H3. The molecular formula is C11H20N2O2. The molecule has 1 saturated carbocycles. The lowest BCUT2D eigenvalue weighted by Crippen LogP contribution is -2.36. The van der Waals surface area contributed by atoms with E-state index in [2.05, 4.69) is 4.90 Å². The lowest BCUT2D eigenvalue weighted by atomic mass is 10.00. The molecule has 1 N–H and O–H groups in total. The third kappa shape index (κ3) is 2.16. The predicted octanol–water partition coefficient (Wildman–Crippen LogP) is -0.223. The van der Waals surface area contributed by atoms with Crippen LogP contribution in [0.1, 0.15) is 12.8 Å². The first kappa shape index (κ1) is 10.9. The van der Waals surface area contributed by atoms with Crippen LogP contribution in [0.3, 0.4) is 0 Å². The normalized spacial score (nSPS) is 35.5. The number of nitrogens with zero attached hydrogens (tertiary/aromatic N) is 2. The molecule has 0 bridgehead atoms. The molecule has 1 aliphatic carbocycles. The highest BCUT2D eigenvalue weighted by atomic mass is 16.3. The van der Waals surface area contributed by atoms with Crippen LogP contribution in [-0.2, 0) is 4.79 Å². The Morgan fingerprint density at radius 2 is 2.13 bits per heavy atom. The van der Waals surface area contributed by atoms with Crippen molar-refractivity contribution in [1.29, 1.82) is 0 Å². The second kappa shape index (κ2) is 4.10. The maximum atomic E-state index is 11.5. The summed E-state index contributed by atoms with van der Waals surface area (Å²) in [5, 5.41) is 9.74. The van der Waals surface area contributed by atoms with Gasteiger partial charge < -0.3 is 10.0 Å². The number of rotatable bonds is 2. The van der Waals surface area contributed by atoms with Crippen LogP contribution < -0.4 is 0 Å². The SMILES string of the molecule is CN(C)C(=O)CN1CC2CCC(O)C2C1. The van der Waals surface area contributed by atoms with Crippen LogP contribution in [0.5, 0.6) is 0 Å². The minimum Gasteiger partial charge on any atom is -0.393 e. The van der Waals surface area contributed by atoms with Gasteiger partial charge in [-0.1, -0.05) is 0 Å². The smallest absolute Gasteiger partial charge is 0.236 e. The first-order valence-electron chi connectivity index (χ1n) is 5.68. The summed E-state index contributed by atoms with van der Waals surface area (Å²) in [6.07, 6.45) is 1.94. The van der Waals surface area contributed by atoms with Gasteiger partial charge >= 0.3 is 0 Å². The molecule has 2 rings (SSSR count). The topological polar surface area (TPSA) is 43.8 Å². The van der Waals surface area contributed by atoms with E-state index in [9.17, 15) is 9.90 Å². The molecule has 0 aromatic carbocycles. The highest BCUT2D eigenvalue weighted by Gasteiger charge is 2.42. The Labute approximate surface area is 90.9 Å². The van der Waals surface area contributed by atoms with Crippen LogP contribution in [-0.4, -0.2) is 60.6 Å². The van der Waals surface area contributed by atoms with Gasteiger partial charge in [-0.25, -0.2) is 0 Å². The number of carbonyl (C=O) groups is 1. The van der Waals surface area contributed by atoms with Crippen LogP contribution >= 0.6 is 0 Å². The van der Waals surface area contributed by atoms with Crippen molar-refractivity contribution in [1.82, 2.24) is 9.80 Å². The van der Waals surface area contributed by atoms with Crippen LogP contribution in [0.15, 0.2) is 0 Å². The summed E-state index contributed by atoms with van der Waals surface area (Å²) < 4.78 is 0. The average Bonchev–Trinajstić information content (AvgIpc) is 2.69. The van der Waals surface area contributed by atoms with Crippen molar-refractivity contribution >= 4 is 5.91 Å². The van der Waals surface area contributed by atoms with Gasteiger partial charge in [0, 0.05) is 33.1 Å². The van der Waals surface area contributed by atoms with Crippen molar-refractivity contribution in [2.24, 2.45) is 11.8 Å². The zero-order valence-electron chi connectivity index (χ0n) is 9.52. The molecule has 0 aromatic heterocycles. The molecule has 4 nitrogen and oxygen atoms in total. The first-order chi connectivity index (χ1) is 7.08. The van der Waals surface area contributed by atoms with E-state index in [0.29, 0.717) is 18.4 Å². The Hall–Kier alpha value is -0.610. The van der Waals surface area contributed by atoms with Gasteiger partial charge in [0.1, 0.15) is 0 Å². The highest BCUT2D eigenvalue weighted by Crippen LogP contribution is 2.37. The van der Waals surface area contributed by atoms with Gasteiger partial charge in [-0.15, -0.1) is 0 Å². The molecule has 1 heterocycles. The van der Waals surface area contributed by atoms with Gasteiger partial charge in [0.2, 0.25) is 5.91 Å². The fraction of sp³-hybridized carbons (Fsp3) is 0.909. The third-order valence-electron chi connectivity index (χ3n) is 3.75. The van der Waals surface area contributed by atoms with Crippen LogP contribution in [0.4, 0.5) is 0 Å². The molecule has 0 radical (unpaired) electrons. The van der Waals surface area contributed by atoms with E-state index in [4.69, 9.17) is 0 Å². The third-order valence-corrected chi connectivity index (χ3v) is 3.75. The van der Waals surface area contributed by atoms with Crippen molar-refractivity contribution < 1.29 is 9.90 Å². The van der Waals surface area contributed by atoms with Crippen molar-refractivity contribution in [3.63, 3.8) is 0 Å². The van der Waals surface area contributed by atoms with Gasteiger partial charge in [0.15, 0.2) is 0 Å². The Morgan fingerprint density at radius 1 is 1.40 bits per heavy atom. The maximum absolute atomic E-state index is 11.5. The molecule has 86 valence electrons. The monoisotopic (exact) mass is 212 g/mol. The number of aliphatic hydroxyl groups excluding tert-OH is 1. The largest absolute Gasteiger partial charge is 0.393 e. The molecule has 0 aromatic rings. The number of likely N-dealkylation sites (N-methyl/N-ethyl adjacent to an activating group) is 1. The molecule has 15 heavy (non-hydrogen) atoms. The Balaban J connectivity index is 1.86. The van der Waals surface area contributed by atoms with Crippen molar-refractivity contribution in [3.05, 3.63) is 0 Å². The fourth-order valence-electron chi connectivity index (χ4n) is 2.79. The van der Waals surface area contributed by atoms with Crippen molar-refractivity contribution in [2.75, 3.05) is 33.7 Å². The van der Waals surface area contributed by atoms with E-state index < -0.39 is 0 Å². The molecule has 1 amide bonds. The van der Waals surface area contributed by atoms with Crippen molar-refractivity contribution in [3.8, 4) is 0 Å².